The van der Waals surface area contributed by atoms with Crippen LogP contribution in [0.25, 0.3) is 0 Å². The highest BCUT2D eigenvalue weighted by Gasteiger charge is 2.33. The maximum atomic E-state index is 12.4. The summed E-state index contributed by atoms with van der Waals surface area (Å²) >= 11 is 0. The lowest BCUT2D eigenvalue weighted by molar-refractivity contribution is 0.0692. The number of Topliss-reactive ketones (excluding diaryl/α,β-unsaturated/α-hetero) is 1. The number of amides is 3. The highest BCUT2D eigenvalue weighted by Crippen LogP contribution is 2.23. The minimum atomic E-state index is -0.457. The first kappa shape index (κ1) is 15.6. The van der Waals surface area contributed by atoms with Gasteiger partial charge in [-0.05, 0) is 37.3 Å². The van der Waals surface area contributed by atoms with Gasteiger partial charge in [0.1, 0.15) is 0 Å². The van der Waals surface area contributed by atoms with Crippen LogP contribution in [0.15, 0.2) is 42.5 Å². The quantitative estimate of drug-likeness (QED) is 0.694. The van der Waals surface area contributed by atoms with Gasteiger partial charge in [-0.1, -0.05) is 12.1 Å². The first-order valence-electron chi connectivity index (χ1n) is 7.28. The molecule has 0 saturated heterocycles. The Balaban J connectivity index is 1.92. The lowest BCUT2D eigenvalue weighted by atomic mass is 10.0. The normalized spacial score (nSPS) is 13.0. The largest absolute Gasteiger partial charge is 0.321 e. The number of hydrogen-bond acceptors (Lipinski definition) is 4. The maximum Gasteiger partial charge on any atom is 0.261 e. The number of hydrogen-bond donors (Lipinski definition) is 1. The predicted octanol–water partition coefficient (Wildman–Crippen LogP) is 2.37. The number of nitrogens with zero attached hydrogens (tertiary/aromatic N) is 1. The number of nitrogens with one attached hydrogen (secondary N) is 1. The van der Waals surface area contributed by atoms with Crippen LogP contribution in [0, 0.1) is 0 Å². The van der Waals surface area contributed by atoms with E-state index in [0.717, 1.165) is 4.90 Å². The molecule has 3 rings (SSSR count). The molecule has 24 heavy (non-hydrogen) atoms. The Bertz CT molecular complexity index is 902. The second kappa shape index (κ2) is 5.73. The number of para-hydroxylation sites is 1. The van der Waals surface area contributed by atoms with Crippen LogP contribution in [0.4, 0.5) is 5.69 Å². The van der Waals surface area contributed by atoms with Gasteiger partial charge in [0.05, 0.1) is 16.8 Å². The number of imide groups is 1. The lowest BCUT2D eigenvalue weighted by Gasteiger charge is -2.09. The predicted molar refractivity (Wildman–Crippen MR) is 87.3 cm³/mol. The van der Waals surface area contributed by atoms with Crippen molar-refractivity contribution in [2.75, 3.05) is 12.4 Å². The van der Waals surface area contributed by atoms with Crippen molar-refractivity contribution >= 4 is 29.2 Å². The standard InChI is InChI=1S/C18H14N2O4/c1-10(21)12-5-3-4-6-15(12)19-16(22)11-7-8-13-14(9-11)18(24)20(2)17(13)23/h3-9H,1-2H3,(H,19,22). The molecule has 0 atom stereocenters. The van der Waals surface area contributed by atoms with Crippen molar-refractivity contribution in [3.63, 3.8) is 0 Å². The third-order valence-electron chi connectivity index (χ3n) is 3.91. The molecule has 120 valence electrons. The molecule has 6 heteroatoms. The molecule has 1 heterocycles. The molecular weight excluding hydrogens is 308 g/mol. The summed E-state index contributed by atoms with van der Waals surface area (Å²) in [7, 11) is 1.40. The molecule has 0 aliphatic carbocycles. The van der Waals surface area contributed by atoms with E-state index in [1.807, 2.05) is 0 Å². The van der Waals surface area contributed by atoms with E-state index < -0.39 is 11.8 Å². The van der Waals surface area contributed by atoms with Gasteiger partial charge in [-0.2, -0.15) is 0 Å². The lowest BCUT2D eigenvalue weighted by Crippen LogP contribution is -2.24. The second-order valence-electron chi connectivity index (χ2n) is 5.49. The van der Waals surface area contributed by atoms with Crippen LogP contribution in [0.5, 0.6) is 0 Å². The van der Waals surface area contributed by atoms with Crippen LogP contribution in [-0.2, 0) is 0 Å². The summed E-state index contributed by atoms with van der Waals surface area (Å²) in [6.45, 7) is 1.42. The Hall–Kier alpha value is -3.28. The molecule has 3 amide bonds. The summed E-state index contributed by atoms with van der Waals surface area (Å²) in [4.78, 5) is 48.9. The third kappa shape index (κ3) is 2.48. The molecule has 2 aromatic rings. The summed E-state index contributed by atoms with van der Waals surface area (Å²) < 4.78 is 0. The number of anilines is 1. The molecule has 2 aromatic carbocycles. The van der Waals surface area contributed by atoms with Gasteiger partial charge in [-0.15, -0.1) is 0 Å². The van der Waals surface area contributed by atoms with Crippen LogP contribution in [0.1, 0.15) is 48.4 Å². The van der Waals surface area contributed by atoms with Crippen LogP contribution >= 0.6 is 0 Å². The summed E-state index contributed by atoms with van der Waals surface area (Å²) in [5, 5.41) is 2.67. The van der Waals surface area contributed by atoms with Crippen molar-refractivity contribution in [3.8, 4) is 0 Å². The molecule has 1 aliphatic heterocycles. The van der Waals surface area contributed by atoms with Crippen molar-refractivity contribution in [2.45, 2.75) is 6.92 Å². The smallest absolute Gasteiger partial charge is 0.261 e. The maximum absolute atomic E-state index is 12.4. The fraction of sp³-hybridized carbons (Fsp3) is 0.111. The van der Waals surface area contributed by atoms with Gasteiger partial charge >= 0.3 is 0 Å². The Kier molecular flexibility index (Phi) is 3.73. The zero-order valence-corrected chi connectivity index (χ0v) is 13.1. The Labute approximate surface area is 138 Å². The summed E-state index contributed by atoms with van der Waals surface area (Å²) in [6.07, 6.45) is 0. The van der Waals surface area contributed by atoms with Gasteiger partial charge < -0.3 is 5.32 Å². The Morgan fingerprint density at radius 1 is 0.958 bits per heavy atom. The highest BCUT2D eigenvalue weighted by molar-refractivity contribution is 6.22. The number of carbonyl (C=O) groups is 4. The summed E-state index contributed by atoms with van der Waals surface area (Å²) in [6, 6.07) is 11.0. The number of ketones is 1. The molecule has 1 aliphatic rings. The molecular formula is C18H14N2O4. The first-order valence-corrected chi connectivity index (χ1v) is 7.28. The van der Waals surface area contributed by atoms with E-state index in [-0.39, 0.29) is 28.4 Å². The van der Waals surface area contributed by atoms with Gasteiger partial charge in [0.2, 0.25) is 0 Å². The topological polar surface area (TPSA) is 83.6 Å². The fourth-order valence-electron chi connectivity index (χ4n) is 2.60. The SMILES string of the molecule is CC(=O)c1ccccc1NC(=O)c1ccc2c(c1)C(=O)N(C)C2=O. The van der Waals surface area contributed by atoms with Gasteiger partial charge in [-0.25, -0.2) is 0 Å². The average Bonchev–Trinajstić information content (AvgIpc) is 2.79. The minimum Gasteiger partial charge on any atom is -0.321 e. The molecule has 6 nitrogen and oxygen atoms in total. The number of carbonyl (C=O) groups excluding carboxylic acids is 4. The van der Waals surface area contributed by atoms with E-state index in [4.69, 9.17) is 0 Å². The molecule has 0 spiro atoms. The second-order valence-corrected chi connectivity index (χ2v) is 5.49. The van der Waals surface area contributed by atoms with Crippen LogP contribution in [-0.4, -0.2) is 35.5 Å². The van der Waals surface area contributed by atoms with Crippen LogP contribution in [0.3, 0.4) is 0 Å². The Morgan fingerprint density at radius 3 is 2.33 bits per heavy atom. The number of benzene rings is 2. The fourth-order valence-corrected chi connectivity index (χ4v) is 2.60. The van der Waals surface area contributed by atoms with Crippen LogP contribution < -0.4 is 5.32 Å². The van der Waals surface area contributed by atoms with Crippen molar-refractivity contribution < 1.29 is 19.2 Å². The van der Waals surface area contributed by atoms with E-state index in [9.17, 15) is 19.2 Å². The molecule has 0 bridgehead atoms. The van der Waals surface area contributed by atoms with Gasteiger partial charge in [0, 0.05) is 18.2 Å². The number of fused-ring (bicyclic) bond motifs is 1. The van der Waals surface area contributed by atoms with Crippen LogP contribution in [0.2, 0.25) is 0 Å². The zero-order chi connectivity index (χ0) is 17.4. The van der Waals surface area contributed by atoms with E-state index in [2.05, 4.69) is 5.32 Å². The first-order chi connectivity index (χ1) is 11.4. The van der Waals surface area contributed by atoms with E-state index in [1.54, 1.807) is 24.3 Å². The summed E-state index contributed by atoms with van der Waals surface area (Å²) in [5.41, 5.74) is 1.52. The van der Waals surface area contributed by atoms with Crippen molar-refractivity contribution in [2.24, 2.45) is 0 Å². The molecule has 0 fully saturated rings. The highest BCUT2D eigenvalue weighted by atomic mass is 16.2. The summed E-state index contributed by atoms with van der Waals surface area (Å²) in [5.74, 6) is -1.44. The molecule has 1 N–H and O–H groups in total. The molecule has 0 radical (unpaired) electrons. The van der Waals surface area contributed by atoms with Gasteiger partial charge in [0.15, 0.2) is 5.78 Å². The molecule has 0 aromatic heterocycles. The number of rotatable bonds is 3. The van der Waals surface area contributed by atoms with Crippen molar-refractivity contribution in [1.29, 1.82) is 0 Å². The van der Waals surface area contributed by atoms with Crippen molar-refractivity contribution in [1.82, 2.24) is 4.90 Å². The van der Waals surface area contributed by atoms with E-state index in [0.29, 0.717) is 11.3 Å². The van der Waals surface area contributed by atoms with Crippen molar-refractivity contribution in [3.05, 3.63) is 64.7 Å². The zero-order valence-electron chi connectivity index (χ0n) is 13.1. The Morgan fingerprint density at radius 2 is 1.62 bits per heavy atom. The molecule has 0 unspecified atom stereocenters. The van der Waals surface area contributed by atoms with Gasteiger partial charge in [-0.3, -0.25) is 24.1 Å². The monoisotopic (exact) mass is 322 g/mol. The van der Waals surface area contributed by atoms with E-state index >= 15 is 0 Å². The average molecular weight is 322 g/mol. The molecule has 0 saturated carbocycles. The van der Waals surface area contributed by atoms with E-state index in [1.165, 1.54) is 32.2 Å². The van der Waals surface area contributed by atoms with Gasteiger partial charge in [0.25, 0.3) is 17.7 Å². The third-order valence-corrected chi connectivity index (χ3v) is 3.91. The minimum absolute atomic E-state index is 0.165.